The Kier molecular flexibility index (Phi) is 6.56. The average molecular weight is 546 g/mol. The van der Waals surface area contributed by atoms with Crippen LogP contribution in [0, 0.1) is 0 Å². The van der Waals surface area contributed by atoms with Gasteiger partial charge >= 0.3 is 0 Å². The SMILES string of the molecule is Clc1ccc(-c2nc(-c3ccc(-c4ccccc4)cc3)nc(-c3ccc(-c4ccccc4)cc3)n2)c2ccccc12. The lowest BCUT2D eigenvalue weighted by Gasteiger charge is -2.12. The summed E-state index contributed by atoms with van der Waals surface area (Å²) in [5.41, 5.74) is 7.39. The summed E-state index contributed by atoms with van der Waals surface area (Å²) in [6.45, 7) is 0. The van der Waals surface area contributed by atoms with Gasteiger partial charge in [-0.25, -0.2) is 15.0 Å². The monoisotopic (exact) mass is 545 g/mol. The Morgan fingerprint density at radius 1 is 0.317 bits per heavy atom. The predicted octanol–water partition coefficient (Wildman–Crippen LogP) is 10.0. The van der Waals surface area contributed by atoms with Gasteiger partial charge < -0.3 is 0 Å². The summed E-state index contributed by atoms with van der Waals surface area (Å²) < 4.78 is 0. The van der Waals surface area contributed by atoms with E-state index in [4.69, 9.17) is 26.6 Å². The van der Waals surface area contributed by atoms with Gasteiger partial charge in [-0.2, -0.15) is 0 Å². The highest BCUT2D eigenvalue weighted by atomic mass is 35.5. The molecule has 0 saturated carbocycles. The number of halogens is 1. The molecule has 0 saturated heterocycles. The molecular formula is C37H24ClN3. The van der Waals surface area contributed by atoms with Crippen LogP contribution in [0.4, 0.5) is 0 Å². The molecule has 4 heteroatoms. The number of fused-ring (bicyclic) bond motifs is 1. The minimum Gasteiger partial charge on any atom is -0.208 e. The van der Waals surface area contributed by atoms with Gasteiger partial charge in [0.2, 0.25) is 0 Å². The van der Waals surface area contributed by atoms with E-state index in [0.29, 0.717) is 22.5 Å². The molecule has 0 atom stereocenters. The maximum atomic E-state index is 6.55. The Labute approximate surface area is 243 Å². The Morgan fingerprint density at radius 3 is 1.22 bits per heavy atom. The summed E-state index contributed by atoms with van der Waals surface area (Å²) in [6, 6.07) is 49.4. The lowest BCUT2D eigenvalue weighted by molar-refractivity contribution is 1.08. The Morgan fingerprint density at radius 2 is 0.707 bits per heavy atom. The van der Waals surface area contributed by atoms with Gasteiger partial charge in [-0.3, -0.25) is 0 Å². The highest BCUT2D eigenvalue weighted by Gasteiger charge is 2.15. The number of rotatable bonds is 5. The van der Waals surface area contributed by atoms with Crippen molar-refractivity contribution >= 4 is 22.4 Å². The summed E-state index contributed by atoms with van der Waals surface area (Å²) in [7, 11) is 0. The fraction of sp³-hybridized carbons (Fsp3) is 0. The van der Waals surface area contributed by atoms with Crippen LogP contribution in [-0.2, 0) is 0 Å². The van der Waals surface area contributed by atoms with Crippen molar-refractivity contribution in [3.8, 4) is 56.4 Å². The van der Waals surface area contributed by atoms with Crippen molar-refractivity contribution < 1.29 is 0 Å². The first-order valence-electron chi connectivity index (χ1n) is 13.5. The highest BCUT2D eigenvalue weighted by molar-refractivity contribution is 6.36. The van der Waals surface area contributed by atoms with Gasteiger partial charge in [0.15, 0.2) is 17.5 Å². The van der Waals surface area contributed by atoms with Crippen molar-refractivity contribution in [3.05, 3.63) is 151 Å². The normalized spacial score (nSPS) is 11.0. The fourth-order valence-corrected chi connectivity index (χ4v) is 5.32. The van der Waals surface area contributed by atoms with E-state index in [-0.39, 0.29) is 0 Å². The fourth-order valence-electron chi connectivity index (χ4n) is 5.10. The molecule has 194 valence electrons. The summed E-state index contributed by atoms with van der Waals surface area (Å²) in [4.78, 5) is 14.9. The first-order valence-corrected chi connectivity index (χ1v) is 13.9. The van der Waals surface area contributed by atoms with E-state index >= 15 is 0 Å². The van der Waals surface area contributed by atoms with E-state index in [1.165, 1.54) is 11.1 Å². The first-order chi connectivity index (χ1) is 20.2. The molecule has 41 heavy (non-hydrogen) atoms. The number of benzene rings is 6. The maximum Gasteiger partial charge on any atom is 0.164 e. The molecule has 3 nitrogen and oxygen atoms in total. The zero-order valence-corrected chi connectivity index (χ0v) is 22.8. The second-order valence-corrected chi connectivity index (χ2v) is 10.2. The Bertz CT molecular complexity index is 1870. The molecule has 0 unspecified atom stereocenters. The van der Waals surface area contributed by atoms with Crippen molar-refractivity contribution in [2.45, 2.75) is 0 Å². The van der Waals surface area contributed by atoms with Gasteiger partial charge in [-0.1, -0.05) is 145 Å². The Hall–Kier alpha value is -5.12. The van der Waals surface area contributed by atoms with Gasteiger partial charge in [0, 0.05) is 27.1 Å². The lowest BCUT2D eigenvalue weighted by Crippen LogP contribution is -2.00. The molecule has 0 radical (unpaired) electrons. The van der Waals surface area contributed by atoms with Crippen LogP contribution >= 0.6 is 11.6 Å². The quantitative estimate of drug-likeness (QED) is 0.216. The van der Waals surface area contributed by atoms with Crippen LogP contribution in [0.25, 0.3) is 67.2 Å². The van der Waals surface area contributed by atoms with E-state index in [9.17, 15) is 0 Å². The van der Waals surface area contributed by atoms with Gasteiger partial charge in [-0.15, -0.1) is 0 Å². The maximum absolute atomic E-state index is 6.55. The topological polar surface area (TPSA) is 38.7 Å². The molecule has 0 bridgehead atoms. The van der Waals surface area contributed by atoms with Crippen LogP contribution in [-0.4, -0.2) is 15.0 Å². The number of hydrogen-bond acceptors (Lipinski definition) is 3. The standard InChI is InChI=1S/C37H24ClN3/c38-34-24-23-33(31-13-7-8-14-32(31)34)37-40-35(29-19-15-27(16-20-29)25-9-3-1-4-10-25)39-36(41-37)30-21-17-28(18-22-30)26-11-5-2-6-12-26/h1-24H. The molecular weight excluding hydrogens is 522 g/mol. The van der Waals surface area contributed by atoms with Crippen LogP contribution in [0.1, 0.15) is 0 Å². The van der Waals surface area contributed by atoms with Crippen LogP contribution in [0.3, 0.4) is 0 Å². The van der Waals surface area contributed by atoms with Gasteiger partial charge in [0.1, 0.15) is 0 Å². The van der Waals surface area contributed by atoms with Gasteiger partial charge in [0.05, 0.1) is 0 Å². The third kappa shape index (κ3) is 5.00. The third-order valence-electron chi connectivity index (χ3n) is 7.25. The molecule has 0 aliphatic carbocycles. The summed E-state index contributed by atoms with van der Waals surface area (Å²) in [5, 5.41) is 2.67. The van der Waals surface area contributed by atoms with E-state index in [2.05, 4.69) is 78.9 Å². The van der Waals surface area contributed by atoms with Crippen molar-refractivity contribution in [3.63, 3.8) is 0 Å². The molecule has 0 fully saturated rings. The van der Waals surface area contributed by atoms with Crippen LogP contribution in [0.2, 0.25) is 5.02 Å². The minimum atomic E-state index is 0.608. The molecule has 0 amide bonds. The molecule has 0 spiro atoms. The summed E-state index contributed by atoms with van der Waals surface area (Å²) in [5.74, 6) is 1.85. The first kappa shape index (κ1) is 24.9. The zero-order chi connectivity index (χ0) is 27.6. The second-order valence-electron chi connectivity index (χ2n) is 9.83. The van der Waals surface area contributed by atoms with Crippen molar-refractivity contribution in [1.82, 2.24) is 15.0 Å². The largest absolute Gasteiger partial charge is 0.208 e. The van der Waals surface area contributed by atoms with Crippen LogP contribution in [0.5, 0.6) is 0 Å². The summed E-state index contributed by atoms with van der Waals surface area (Å²) >= 11 is 6.55. The van der Waals surface area contributed by atoms with Crippen molar-refractivity contribution in [2.75, 3.05) is 0 Å². The Balaban J connectivity index is 1.36. The molecule has 0 aliphatic heterocycles. The number of nitrogens with zero attached hydrogens (tertiary/aromatic N) is 3. The molecule has 0 N–H and O–H groups in total. The van der Waals surface area contributed by atoms with Crippen LogP contribution < -0.4 is 0 Å². The zero-order valence-electron chi connectivity index (χ0n) is 22.1. The average Bonchev–Trinajstić information content (AvgIpc) is 3.06. The van der Waals surface area contributed by atoms with Crippen molar-refractivity contribution in [1.29, 1.82) is 0 Å². The van der Waals surface area contributed by atoms with E-state index in [1.807, 2.05) is 66.7 Å². The second kappa shape index (κ2) is 10.8. The van der Waals surface area contributed by atoms with E-state index in [0.717, 1.165) is 38.6 Å². The molecule has 6 aromatic carbocycles. The van der Waals surface area contributed by atoms with Crippen LogP contribution in [0.15, 0.2) is 146 Å². The minimum absolute atomic E-state index is 0.608. The summed E-state index contributed by atoms with van der Waals surface area (Å²) in [6.07, 6.45) is 0. The van der Waals surface area contributed by atoms with Gasteiger partial charge in [0.25, 0.3) is 0 Å². The molecule has 0 aliphatic rings. The highest BCUT2D eigenvalue weighted by Crippen LogP contribution is 2.34. The molecule has 1 heterocycles. The predicted molar refractivity (Wildman–Crippen MR) is 170 cm³/mol. The lowest BCUT2D eigenvalue weighted by atomic mass is 10.0. The molecule has 7 rings (SSSR count). The van der Waals surface area contributed by atoms with E-state index in [1.54, 1.807) is 0 Å². The smallest absolute Gasteiger partial charge is 0.164 e. The molecule has 1 aromatic heterocycles. The van der Waals surface area contributed by atoms with Crippen molar-refractivity contribution in [2.24, 2.45) is 0 Å². The van der Waals surface area contributed by atoms with Gasteiger partial charge in [-0.05, 0) is 39.8 Å². The van der Waals surface area contributed by atoms with E-state index < -0.39 is 0 Å². The third-order valence-corrected chi connectivity index (χ3v) is 7.58. The number of aromatic nitrogens is 3. The molecule has 7 aromatic rings. The number of hydrogen-bond donors (Lipinski definition) is 0.